The van der Waals surface area contributed by atoms with Gasteiger partial charge in [0.25, 0.3) is 0 Å². The summed E-state index contributed by atoms with van der Waals surface area (Å²) in [6, 6.07) is 0.659. The van der Waals surface area contributed by atoms with Gasteiger partial charge in [-0.15, -0.1) is 0 Å². The second kappa shape index (κ2) is 5.56. The van der Waals surface area contributed by atoms with Gasteiger partial charge in [-0.1, -0.05) is 6.92 Å². The van der Waals surface area contributed by atoms with E-state index in [0.717, 1.165) is 0 Å². The molecule has 0 spiro atoms. The Bertz CT molecular complexity index is 91.6. The van der Waals surface area contributed by atoms with Gasteiger partial charge in [0.05, 0.1) is 0 Å². The zero-order valence-corrected chi connectivity index (χ0v) is 8.59. The minimum Gasteiger partial charge on any atom is -0.305 e. The Kier molecular flexibility index (Phi) is 5.51. The van der Waals surface area contributed by atoms with Crippen molar-refractivity contribution in [1.82, 2.24) is 9.80 Å². The number of nitrogens with zero attached hydrogens (tertiary/aromatic N) is 2. The normalized spacial score (nSPS) is 14.5. The summed E-state index contributed by atoms with van der Waals surface area (Å²) in [4.78, 5) is 4.64. The first-order valence-corrected chi connectivity index (χ1v) is 4.43. The summed E-state index contributed by atoms with van der Waals surface area (Å²) in [7, 11) is 6.44. The van der Waals surface area contributed by atoms with Gasteiger partial charge in [0.1, 0.15) is 0 Å². The van der Waals surface area contributed by atoms with Crippen LogP contribution in [0, 0.1) is 0 Å². The highest BCUT2D eigenvalue weighted by molar-refractivity contribution is 4.63. The fraction of sp³-hybridized carbons (Fsp3) is 1.00. The summed E-state index contributed by atoms with van der Waals surface area (Å²) < 4.78 is 0. The summed E-state index contributed by atoms with van der Waals surface area (Å²) in [5, 5.41) is 0. The van der Waals surface area contributed by atoms with Gasteiger partial charge in [-0.2, -0.15) is 0 Å². The van der Waals surface area contributed by atoms with Gasteiger partial charge in [-0.05, 0) is 41.0 Å². The third-order valence-corrected chi connectivity index (χ3v) is 2.06. The number of hydrogen-bond acceptors (Lipinski definition) is 2. The van der Waals surface area contributed by atoms with Crippen molar-refractivity contribution in [2.75, 3.05) is 34.2 Å². The van der Waals surface area contributed by atoms with Crippen molar-refractivity contribution >= 4 is 0 Å². The van der Waals surface area contributed by atoms with Crippen LogP contribution in [0.5, 0.6) is 0 Å². The van der Waals surface area contributed by atoms with Crippen molar-refractivity contribution in [1.29, 1.82) is 0 Å². The molecule has 1 unspecified atom stereocenters. The van der Waals surface area contributed by atoms with Crippen molar-refractivity contribution in [3.05, 3.63) is 0 Å². The molecule has 0 heterocycles. The first kappa shape index (κ1) is 10.9. The Labute approximate surface area is 71.2 Å². The van der Waals surface area contributed by atoms with Crippen LogP contribution in [-0.4, -0.2) is 50.1 Å². The molecule has 0 bridgehead atoms. The average molecular weight is 158 g/mol. The second-order valence-electron chi connectivity index (χ2n) is 3.57. The van der Waals surface area contributed by atoms with Crippen LogP contribution < -0.4 is 0 Å². The van der Waals surface area contributed by atoms with Crippen LogP contribution in [0.25, 0.3) is 0 Å². The van der Waals surface area contributed by atoms with Crippen LogP contribution in [-0.2, 0) is 0 Å². The van der Waals surface area contributed by atoms with E-state index in [2.05, 4.69) is 44.8 Å². The fourth-order valence-corrected chi connectivity index (χ4v) is 1.09. The lowest BCUT2D eigenvalue weighted by molar-refractivity contribution is 0.220. The minimum atomic E-state index is 0.659. The lowest BCUT2D eigenvalue weighted by atomic mass is 10.3. The Morgan fingerprint density at radius 1 is 1.18 bits per heavy atom. The van der Waals surface area contributed by atoms with Crippen molar-refractivity contribution in [2.24, 2.45) is 0 Å². The van der Waals surface area contributed by atoms with E-state index in [4.69, 9.17) is 0 Å². The average Bonchev–Trinajstić information content (AvgIpc) is 1.87. The van der Waals surface area contributed by atoms with Gasteiger partial charge >= 0.3 is 0 Å². The molecule has 0 fully saturated rings. The Balaban J connectivity index is 3.48. The van der Waals surface area contributed by atoms with Crippen LogP contribution in [0.3, 0.4) is 0 Å². The summed E-state index contributed by atoms with van der Waals surface area (Å²) >= 11 is 0. The quantitative estimate of drug-likeness (QED) is 0.594. The molecule has 0 radical (unpaired) electrons. The maximum Gasteiger partial charge on any atom is 0.0188 e. The standard InChI is InChI=1S/C9H22N2/c1-6-7-11(5)8-9(2)10(3)4/h9H,6-8H2,1-5H3. The largest absolute Gasteiger partial charge is 0.305 e. The van der Waals surface area contributed by atoms with E-state index in [1.807, 2.05) is 0 Å². The third kappa shape index (κ3) is 5.22. The van der Waals surface area contributed by atoms with E-state index >= 15 is 0 Å². The lowest BCUT2D eigenvalue weighted by Gasteiger charge is -2.25. The summed E-state index contributed by atoms with van der Waals surface area (Å²) in [6.07, 6.45) is 1.25. The molecule has 0 saturated carbocycles. The maximum absolute atomic E-state index is 2.38. The smallest absolute Gasteiger partial charge is 0.0188 e. The van der Waals surface area contributed by atoms with Crippen molar-refractivity contribution in [2.45, 2.75) is 26.3 Å². The first-order chi connectivity index (χ1) is 5.07. The van der Waals surface area contributed by atoms with Crippen molar-refractivity contribution < 1.29 is 0 Å². The fourth-order valence-electron chi connectivity index (χ4n) is 1.09. The monoisotopic (exact) mass is 158 g/mol. The summed E-state index contributed by atoms with van der Waals surface area (Å²) in [5.41, 5.74) is 0. The molecule has 0 saturated heterocycles. The molecule has 2 nitrogen and oxygen atoms in total. The molecule has 1 atom stereocenters. The van der Waals surface area contributed by atoms with Crippen LogP contribution in [0.4, 0.5) is 0 Å². The molecular weight excluding hydrogens is 136 g/mol. The molecular formula is C9H22N2. The highest BCUT2D eigenvalue weighted by atomic mass is 15.2. The second-order valence-corrected chi connectivity index (χ2v) is 3.57. The molecule has 0 rings (SSSR count). The summed E-state index contributed by atoms with van der Waals surface area (Å²) in [5.74, 6) is 0. The molecule has 0 aliphatic heterocycles. The van der Waals surface area contributed by atoms with Gasteiger partial charge in [0, 0.05) is 12.6 Å². The molecule has 0 aromatic carbocycles. The highest BCUT2D eigenvalue weighted by Crippen LogP contribution is 1.95. The van der Waals surface area contributed by atoms with E-state index in [-0.39, 0.29) is 0 Å². The first-order valence-electron chi connectivity index (χ1n) is 4.43. The van der Waals surface area contributed by atoms with Gasteiger partial charge in [-0.3, -0.25) is 0 Å². The SMILES string of the molecule is CCCN(C)CC(C)N(C)C. The molecule has 0 amide bonds. The lowest BCUT2D eigenvalue weighted by Crippen LogP contribution is -2.36. The highest BCUT2D eigenvalue weighted by Gasteiger charge is 2.06. The molecule has 68 valence electrons. The Morgan fingerprint density at radius 2 is 1.73 bits per heavy atom. The van der Waals surface area contributed by atoms with Crippen molar-refractivity contribution in [3.8, 4) is 0 Å². The molecule has 2 heteroatoms. The maximum atomic E-state index is 2.38. The van der Waals surface area contributed by atoms with Crippen LogP contribution in [0.1, 0.15) is 20.3 Å². The van der Waals surface area contributed by atoms with Crippen molar-refractivity contribution in [3.63, 3.8) is 0 Å². The predicted octanol–water partition coefficient (Wildman–Crippen LogP) is 1.28. The molecule has 0 aromatic rings. The predicted molar refractivity (Wildman–Crippen MR) is 50.9 cm³/mol. The number of hydrogen-bond donors (Lipinski definition) is 0. The van der Waals surface area contributed by atoms with E-state index in [9.17, 15) is 0 Å². The Morgan fingerprint density at radius 3 is 2.09 bits per heavy atom. The van der Waals surface area contributed by atoms with Gasteiger partial charge in [-0.25, -0.2) is 0 Å². The zero-order valence-electron chi connectivity index (χ0n) is 8.59. The molecule has 0 aliphatic rings. The van der Waals surface area contributed by atoms with E-state index in [0.29, 0.717) is 6.04 Å². The van der Waals surface area contributed by atoms with Gasteiger partial charge in [0.15, 0.2) is 0 Å². The number of rotatable bonds is 5. The van der Waals surface area contributed by atoms with E-state index < -0.39 is 0 Å². The van der Waals surface area contributed by atoms with Crippen LogP contribution >= 0.6 is 0 Å². The van der Waals surface area contributed by atoms with E-state index in [1.165, 1.54) is 19.5 Å². The van der Waals surface area contributed by atoms with Crippen LogP contribution in [0.15, 0.2) is 0 Å². The van der Waals surface area contributed by atoms with E-state index in [1.54, 1.807) is 0 Å². The summed E-state index contributed by atoms with van der Waals surface area (Å²) in [6.45, 7) is 6.85. The van der Waals surface area contributed by atoms with Gasteiger partial charge in [0.2, 0.25) is 0 Å². The molecule has 0 N–H and O–H groups in total. The topological polar surface area (TPSA) is 6.48 Å². The molecule has 0 aliphatic carbocycles. The van der Waals surface area contributed by atoms with Crippen LogP contribution in [0.2, 0.25) is 0 Å². The minimum absolute atomic E-state index is 0.659. The third-order valence-electron chi connectivity index (χ3n) is 2.06. The Hall–Kier alpha value is -0.0800. The van der Waals surface area contributed by atoms with Gasteiger partial charge < -0.3 is 9.80 Å². The molecule has 11 heavy (non-hydrogen) atoms. The molecule has 0 aromatic heterocycles. The zero-order chi connectivity index (χ0) is 8.85. The number of likely N-dealkylation sites (N-methyl/N-ethyl adjacent to an activating group) is 2.